The maximum absolute atomic E-state index is 13.3. The van der Waals surface area contributed by atoms with Gasteiger partial charge < -0.3 is 4.74 Å². The Bertz CT molecular complexity index is 1240. The molecule has 4 bridgehead atoms. The number of amides is 2. The third-order valence-corrected chi connectivity index (χ3v) is 10.1. The number of thioether (sulfide) groups is 1. The van der Waals surface area contributed by atoms with E-state index in [9.17, 15) is 9.59 Å². The SMILES string of the molecule is CCOc1ccc(C23CC4CC(CC(C4)C2)C3)cc1/C=C1/SC(=O)N(Cc2ccc(Cl)c(Cl)c2)C1=O. The van der Waals surface area contributed by atoms with Crippen LogP contribution in [-0.4, -0.2) is 22.7 Å². The first-order valence-corrected chi connectivity index (χ1v) is 14.4. The number of rotatable bonds is 6. The highest BCUT2D eigenvalue weighted by molar-refractivity contribution is 8.18. The summed E-state index contributed by atoms with van der Waals surface area (Å²) in [6, 6.07) is 11.7. The molecule has 188 valence electrons. The zero-order valence-corrected chi connectivity index (χ0v) is 22.6. The van der Waals surface area contributed by atoms with Gasteiger partial charge in [0.05, 0.1) is 28.1 Å². The van der Waals surface area contributed by atoms with Gasteiger partial charge >= 0.3 is 0 Å². The van der Waals surface area contributed by atoms with Crippen LogP contribution in [0.4, 0.5) is 4.79 Å². The van der Waals surface area contributed by atoms with Gasteiger partial charge in [0, 0.05) is 5.56 Å². The maximum atomic E-state index is 13.3. The summed E-state index contributed by atoms with van der Waals surface area (Å²) in [7, 11) is 0. The van der Waals surface area contributed by atoms with Gasteiger partial charge in [0.25, 0.3) is 11.1 Å². The number of hydrogen-bond acceptors (Lipinski definition) is 4. The van der Waals surface area contributed by atoms with Crippen LogP contribution in [0.25, 0.3) is 6.08 Å². The monoisotopic (exact) mass is 541 g/mol. The molecule has 5 fully saturated rings. The van der Waals surface area contributed by atoms with Gasteiger partial charge in [-0.1, -0.05) is 35.3 Å². The molecule has 7 heteroatoms. The number of halogens is 2. The van der Waals surface area contributed by atoms with E-state index in [4.69, 9.17) is 27.9 Å². The Kier molecular flexibility index (Phi) is 6.38. The Hall–Kier alpha value is -1.95. The molecule has 2 aromatic carbocycles. The predicted molar refractivity (Wildman–Crippen MR) is 145 cm³/mol. The van der Waals surface area contributed by atoms with Crippen molar-refractivity contribution in [3.63, 3.8) is 0 Å². The Morgan fingerprint density at radius 3 is 2.33 bits per heavy atom. The molecule has 2 amide bonds. The fraction of sp³-hybridized carbons (Fsp3) is 0.448. The van der Waals surface area contributed by atoms with Crippen molar-refractivity contribution >= 4 is 52.2 Å². The van der Waals surface area contributed by atoms with Crippen molar-refractivity contribution < 1.29 is 14.3 Å². The third kappa shape index (κ3) is 4.37. The molecular formula is C29H29Cl2NO3S. The van der Waals surface area contributed by atoms with Crippen LogP contribution in [0.2, 0.25) is 10.0 Å². The number of carbonyl (C=O) groups excluding carboxylic acids is 2. The molecule has 1 heterocycles. The molecule has 4 aliphatic carbocycles. The number of hydrogen-bond donors (Lipinski definition) is 0. The number of nitrogens with zero attached hydrogens (tertiary/aromatic N) is 1. The van der Waals surface area contributed by atoms with Gasteiger partial charge in [0.2, 0.25) is 0 Å². The van der Waals surface area contributed by atoms with Gasteiger partial charge in [-0.3, -0.25) is 14.5 Å². The van der Waals surface area contributed by atoms with Crippen molar-refractivity contribution in [2.75, 3.05) is 6.61 Å². The van der Waals surface area contributed by atoms with Crippen molar-refractivity contribution in [2.45, 2.75) is 57.4 Å². The highest BCUT2D eigenvalue weighted by atomic mass is 35.5. The first-order chi connectivity index (χ1) is 17.3. The number of imide groups is 1. The smallest absolute Gasteiger partial charge is 0.293 e. The lowest BCUT2D eigenvalue weighted by Crippen LogP contribution is -2.48. The minimum Gasteiger partial charge on any atom is -0.493 e. The second-order valence-electron chi connectivity index (χ2n) is 10.9. The molecule has 2 aromatic rings. The van der Waals surface area contributed by atoms with Crippen LogP contribution in [-0.2, 0) is 16.8 Å². The molecule has 36 heavy (non-hydrogen) atoms. The van der Waals surface area contributed by atoms with E-state index in [0.29, 0.717) is 21.6 Å². The standard InChI is InChI=1S/C29H29Cl2NO3S/c1-2-35-25-6-4-22(29-13-18-7-19(14-29)9-20(8-18)15-29)11-21(25)12-26-27(33)32(28(34)36-26)16-17-3-5-23(30)24(31)10-17/h3-6,10-12,18-20H,2,7-9,13-16H2,1H3/b26-12+. The van der Waals surface area contributed by atoms with Crippen LogP contribution in [0.15, 0.2) is 41.3 Å². The van der Waals surface area contributed by atoms with E-state index in [-0.39, 0.29) is 23.1 Å². The summed E-state index contributed by atoms with van der Waals surface area (Å²) in [5.74, 6) is 3.01. The summed E-state index contributed by atoms with van der Waals surface area (Å²) in [6.07, 6.45) is 9.85. The lowest BCUT2D eigenvalue weighted by molar-refractivity contribution is -0.123. The summed E-state index contributed by atoms with van der Waals surface area (Å²) >= 11 is 13.1. The van der Waals surface area contributed by atoms with Gasteiger partial charge in [-0.2, -0.15) is 0 Å². The molecule has 0 atom stereocenters. The largest absolute Gasteiger partial charge is 0.493 e. The topological polar surface area (TPSA) is 46.6 Å². The highest BCUT2D eigenvalue weighted by Crippen LogP contribution is 2.61. The van der Waals surface area contributed by atoms with Crippen LogP contribution >= 0.6 is 35.0 Å². The number of benzene rings is 2. The lowest BCUT2D eigenvalue weighted by Gasteiger charge is -2.57. The molecule has 1 aliphatic heterocycles. The average Bonchev–Trinajstić information content (AvgIpc) is 3.09. The average molecular weight is 543 g/mol. The van der Waals surface area contributed by atoms with E-state index in [2.05, 4.69) is 18.2 Å². The Labute approximate surface area is 226 Å². The molecule has 0 unspecified atom stereocenters. The maximum Gasteiger partial charge on any atom is 0.293 e. The quantitative estimate of drug-likeness (QED) is 0.346. The fourth-order valence-electron chi connectivity index (χ4n) is 7.34. The van der Waals surface area contributed by atoms with E-state index < -0.39 is 0 Å². The van der Waals surface area contributed by atoms with Crippen LogP contribution in [0.5, 0.6) is 5.75 Å². The van der Waals surface area contributed by atoms with Crippen LogP contribution in [0.1, 0.15) is 62.1 Å². The molecule has 1 saturated heterocycles. The van der Waals surface area contributed by atoms with Crippen LogP contribution in [0, 0.1) is 17.8 Å². The Morgan fingerprint density at radius 1 is 1.00 bits per heavy atom. The Morgan fingerprint density at radius 2 is 1.69 bits per heavy atom. The third-order valence-electron chi connectivity index (χ3n) is 8.45. The minimum absolute atomic E-state index is 0.157. The summed E-state index contributed by atoms with van der Waals surface area (Å²) < 4.78 is 5.94. The minimum atomic E-state index is -0.293. The fourth-order valence-corrected chi connectivity index (χ4v) is 8.49. The lowest BCUT2D eigenvalue weighted by atomic mass is 9.48. The zero-order valence-electron chi connectivity index (χ0n) is 20.3. The van der Waals surface area contributed by atoms with E-state index in [1.54, 1.807) is 18.2 Å². The van der Waals surface area contributed by atoms with Gasteiger partial charge in [-0.25, -0.2) is 0 Å². The molecule has 0 spiro atoms. The van der Waals surface area contributed by atoms with E-state index >= 15 is 0 Å². The summed E-state index contributed by atoms with van der Waals surface area (Å²) in [4.78, 5) is 27.7. The first kappa shape index (κ1) is 24.4. The number of carbonyl (C=O) groups is 2. The molecule has 0 N–H and O–H groups in total. The molecule has 7 rings (SSSR count). The number of ether oxygens (including phenoxy) is 1. The van der Waals surface area contributed by atoms with E-state index in [1.165, 1.54) is 49.0 Å². The van der Waals surface area contributed by atoms with Crippen molar-refractivity contribution in [2.24, 2.45) is 17.8 Å². The summed E-state index contributed by atoms with van der Waals surface area (Å²) in [6.45, 7) is 2.66. The van der Waals surface area contributed by atoms with Crippen molar-refractivity contribution in [3.8, 4) is 5.75 Å². The zero-order chi connectivity index (χ0) is 25.0. The Balaban J connectivity index is 1.30. The van der Waals surface area contributed by atoms with Crippen LogP contribution in [0.3, 0.4) is 0 Å². The second-order valence-corrected chi connectivity index (χ2v) is 12.7. The molecule has 0 radical (unpaired) electrons. The predicted octanol–water partition coefficient (Wildman–Crippen LogP) is 8.10. The van der Waals surface area contributed by atoms with E-state index in [0.717, 1.165) is 46.4 Å². The van der Waals surface area contributed by atoms with Gasteiger partial charge in [-0.15, -0.1) is 0 Å². The van der Waals surface area contributed by atoms with Crippen molar-refractivity contribution in [1.82, 2.24) is 4.90 Å². The molecule has 4 saturated carbocycles. The molecular weight excluding hydrogens is 513 g/mol. The first-order valence-electron chi connectivity index (χ1n) is 12.8. The highest BCUT2D eigenvalue weighted by Gasteiger charge is 2.51. The normalized spacial score (nSPS) is 30.0. The van der Waals surface area contributed by atoms with Gasteiger partial charge in [0.1, 0.15) is 5.75 Å². The van der Waals surface area contributed by atoms with Crippen molar-refractivity contribution in [3.05, 3.63) is 68.0 Å². The second kappa shape index (κ2) is 9.41. The molecule has 0 aromatic heterocycles. The van der Waals surface area contributed by atoms with E-state index in [1.807, 2.05) is 13.0 Å². The molecule has 4 nitrogen and oxygen atoms in total. The van der Waals surface area contributed by atoms with Crippen LogP contribution < -0.4 is 4.74 Å². The van der Waals surface area contributed by atoms with Gasteiger partial charge in [-0.05, 0) is 122 Å². The summed E-state index contributed by atoms with van der Waals surface area (Å²) in [5, 5.41) is 0.559. The van der Waals surface area contributed by atoms with Crippen molar-refractivity contribution in [1.29, 1.82) is 0 Å². The van der Waals surface area contributed by atoms with Gasteiger partial charge in [0.15, 0.2) is 0 Å². The molecule has 5 aliphatic rings. The summed E-state index contributed by atoms with van der Waals surface area (Å²) in [5.41, 5.74) is 3.25.